The third-order valence-corrected chi connectivity index (χ3v) is 4.93. The molecule has 3 rings (SSSR count). The average molecular weight is 378 g/mol. The summed E-state index contributed by atoms with van der Waals surface area (Å²) < 4.78 is 0. The molecule has 24 heavy (non-hydrogen) atoms. The summed E-state index contributed by atoms with van der Waals surface area (Å²) in [6.07, 6.45) is 2.35. The summed E-state index contributed by atoms with van der Waals surface area (Å²) in [6.45, 7) is 0. The molecule has 4 nitrogen and oxygen atoms in total. The second kappa shape index (κ2) is 6.81. The molecule has 2 aromatic carbocycles. The van der Waals surface area contributed by atoms with E-state index in [0.717, 1.165) is 28.5 Å². The van der Waals surface area contributed by atoms with Gasteiger partial charge in [0.15, 0.2) is 0 Å². The number of anilines is 1. The number of rotatable bonds is 3. The normalized spacial score (nSPS) is 16.1. The van der Waals surface area contributed by atoms with Crippen molar-refractivity contribution in [3.63, 3.8) is 0 Å². The minimum Gasteiger partial charge on any atom is -0.298 e. The number of carbonyl (C=O) groups excluding carboxylic acids is 3. The Kier molecular flexibility index (Phi) is 4.76. The first kappa shape index (κ1) is 16.8. The SMILES string of the molecule is O=Cc1ccc(C=C2SC(=O)N(c3ccc(Cl)c(Cl)c3)C2=O)cc1. The molecule has 0 aromatic heterocycles. The number of benzene rings is 2. The fraction of sp³-hybridized carbons (Fsp3) is 0. The van der Waals surface area contributed by atoms with Gasteiger partial charge in [-0.25, -0.2) is 4.90 Å². The zero-order chi connectivity index (χ0) is 17.3. The molecule has 1 saturated heterocycles. The van der Waals surface area contributed by atoms with Gasteiger partial charge in [0.25, 0.3) is 11.1 Å². The van der Waals surface area contributed by atoms with E-state index >= 15 is 0 Å². The Hall–Kier alpha value is -2.08. The van der Waals surface area contributed by atoms with E-state index in [1.807, 2.05) is 0 Å². The molecule has 1 aliphatic rings. The summed E-state index contributed by atoms with van der Waals surface area (Å²) in [5.41, 5.74) is 1.63. The number of amides is 2. The Labute approximate surface area is 152 Å². The predicted octanol–water partition coefficient (Wildman–Crippen LogP) is 5.05. The maximum Gasteiger partial charge on any atom is 0.298 e. The highest BCUT2D eigenvalue weighted by Crippen LogP contribution is 2.37. The average Bonchev–Trinajstić information content (AvgIpc) is 2.85. The summed E-state index contributed by atoms with van der Waals surface area (Å²) >= 11 is 12.7. The Morgan fingerprint density at radius 3 is 2.21 bits per heavy atom. The van der Waals surface area contributed by atoms with Crippen molar-refractivity contribution in [3.05, 3.63) is 68.5 Å². The predicted molar refractivity (Wildman–Crippen MR) is 96.7 cm³/mol. The maximum absolute atomic E-state index is 12.5. The molecule has 1 aliphatic heterocycles. The highest BCUT2D eigenvalue weighted by atomic mass is 35.5. The van der Waals surface area contributed by atoms with E-state index in [4.69, 9.17) is 23.2 Å². The lowest BCUT2D eigenvalue weighted by atomic mass is 10.1. The summed E-state index contributed by atoms with van der Waals surface area (Å²) in [7, 11) is 0. The van der Waals surface area contributed by atoms with Gasteiger partial charge in [0.1, 0.15) is 6.29 Å². The molecule has 2 amide bonds. The van der Waals surface area contributed by atoms with Crippen LogP contribution in [0.25, 0.3) is 6.08 Å². The Morgan fingerprint density at radius 1 is 0.917 bits per heavy atom. The lowest BCUT2D eigenvalue weighted by Crippen LogP contribution is -2.27. The van der Waals surface area contributed by atoms with Crippen LogP contribution in [0.15, 0.2) is 47.4 Å². The van der Waals surface area contributed by atoms with E-state index in [0.29, 0.717) is 21.2 Å². The van der Waals surface area contributed by atoms with Crippen molar-refractivity contribution in [1.29, 1.82) is 0 Å². The number of hydrogen-bond donors (Lipinski definition) is 0. The first-order valence-corrected chi connectivity index (χ1v) is 8.35. The van der Waals surface area contributed by atoms with Crippen LogP contribution in [0.1, 0.15) is 15.9 Å². The molecule has 0 spiro atoms. The summed E-state index contributed by atoms with van der Waals surface area (Å²) in [4.78, 5) is 36.7. The summed E-state index contributed by atoms with van der Waals surface area (Å²) in [5.74, 6) is -0.428. The lowest BCUT2D eigenvalue weighted by Gasteiger charge is -2.13. The number of imide groups is 1. The van der Waals surface area contributed by atoms with Crippen LogP contribution in [0.3, 0.4) is 0 Å². The molecule has 0 aliphatic carbocycles. The van der Waals surface area contributed by atoms with Crippen LogP contribution in [-0.4, -0.2) is 17.4 Å². The molecule has 120 valence electrons. The zero-order valence-corrected chi connectivity index (χ0v) is 14.4. The van der Waals surface area contributed by atoms with Crippen LogP contribution in [0.5, 0.6) is 0 Å². The van der Waals surface area contributed by atoms with E-state index in [-0.39, 0.29) is 5.02 Å². The minimum atomic E-state index is -0.428. The van der Waals surface area contributed by atoms with Gasteiger partial charge in [0.2, 0.25) is 0 Å². The molecule has 0 saturated carbocycles. The van der Waals surface area contributed by atoms with Crippen LogP contribution in [0.4, 0.5) is 10.5 Å². The van der Waals surface area contributed by atoms with Gasteiger partial charge in [-0.05, 0) is 41.6 Å². The fourth-order valence-corrected chi connectivity index (χ4v) is 3.27. The number of carbonyl (C=O) groups is 3. The molecule has 7 heteroatoms. The summed E-state index contributed by atoms with van der Waals surface area (Å²) in [6, 6.07) is 11.3. The van der Waals surface area contributed by atoms with Crippen LogP contribution in [0.2, 0.25) is 10.0 Å². The highest BCUT2D eigenvalue weighted by Gasteiger charge is 2.36. The van der Waals surface area contributed by atoms with E-state index in [1.165, 1.54) is 12.1 Å². The van der Waals surface area contributed by atoms with Crippen molar-refractivity contribution in [2.75, 3.05) is 4.90 Å². The second-order valence-corrected chi connectivity index (χ2v) is 6.71. The zero-order valence-electron chi connectivity index (χ0n) is 12.0. The first-order valence-electron chi connectivity index (χ1n) is 6.78. The van der Waals surface area contributed by atoms with Gasteiger partial charge in [-0.1, -0.05) is 47.5 Å². The van der Waals surface area contributed by atoms with Gasteiger partial charge < -0.3 is 0 Å². The number of hydrogen-bond acceptors (Lipinski definition) is 4. The van der Waals surface area contributed by atoms with E-state index in [9.17, 15) is 14.4 Å². The van der Waals surface area contributed by atoms with Crippen molar-refractivity contribution >= 4 is 64.2 Å². The first-order chi connectivity index (χ1) is 11.5. The largest absolute Gasteiger partial charge is 0.298 e. The molecule has 1 fully saturated rings. The topological polar surface area (TPSA) is 54.5 Å². The van der Waals surface area contributed by atoms with Crippen molar-refractivity contribution < 1.29 is 14.4 Å². The molecule has 1 heterocycles. The van der Waals surface area contributed by atoms with Crippen molar-refractivity contribution in [1.82, 2.24) is 0 Å². The quantitative estimate of drug-likeness (QED) is 0.554. The third-order valence-electron chi connectivity index (χ3n) is 3.33. The highest BCUT2D eigenvalue weighted by molar-refractivity contribution is 8.19. The van der Waals surface area contributed by atoms with E-state index in [1.54, 1.807) is 36.4 Å². The van der Waals surface area contributed by atoms with Gasteiger partial charge in [-0.15, -0.1) is 0 Å². The minimum absolute atomic E-state index is 0.265. The Morgan fingerprint density at radius 2 is 1.58 bits per heavy atom. The second-order valence-electron chi connectivity index (χ2n) is 4.90. The molecule has 0 radical (unpaired) electrons. The number of aldehydes is 1. The third kappa shape index (κ3) is 3.24. The Balaban J connectivity index is 1.91. The molecule has 0 N–H and O–H groups in total. The molecule has 0 unspecified atom stereocenters. The van der Waals surface area contributed by atoms with Gasteiger partial charge in [0.05, 0.1) is 20.6 Å². The molecular weight excluding hydrogens is 369 g/mol. The lowest BCUT2D eigenvalue weighted by molar-refractivity contribution is -0.113. The van der Waals surface area contributed by atoms with Gasteiger partial charge in [-0.2, -0.15) is 0 Å². The number of halogens is 2. The van der Waals surface area contributed by atoms with E-state index in [2.05, 4.69) is 0 Å². The Bertz CT molecular complexity index is 878. The van der Waals surface area contributed by atoms with Gasteiger partial charge in [0, 0.05) is 5.56 Å². The van der Waals surface area contributed by atoms with Crippen LogP contribution in [-0.2, 0) is 4.79 Å². The fourth-order valence-electron chi connectivity index (χ4n) is 2.14. The number of thioether (sulfide) groups is 1. The molecule has 0 atom stereocenters. The summed E-state index contributed by atoms with van der Waals surface area (Å²) in [5, 5.41) is 0.203. The van der Waals surface area contributed by atoms with Crippen LogP contribution in [0, 0.1) is 0 Å². The maximum atomic E-state index is 12.5. The van der Waals surface area contributed by atoms with Crippen LogP contribution < -0.4 is 4.90 Å². The van der Waals surface area contributed by atoms with E-state index < -0.39 is 11.1 Å². The van der Waals surface area contributed by atoms with Crippen molar-refractivity contribution in [2.45, 2.75) is 0 Å². The molecular formula is C17H9Cl2NO3S. The van der Waals surface area contributed by atoms with Crippen molar-refractivity contribution in [3.8, 4) is 0 Å². The smallest absolute Gasteiger partial charge is 0.298 e. The number of nitrogens with zero attached hydrogens (tertiary/aromatic N) is 1. The monoisotopic (exact) mass is 377 g/mol. The van der Waals surface area contributed by atoms with Gasteiger partial charge in [-0.3, -0.25) is 14.4 Å². The van der Waals surface area contributed by atoms with Gasteiger partial charge >= 0.3 is 0 Å². The van der Waals surface area contributed by atoms with Crippen LogP contribution >= 0.6 is 35.0 Å². The molecule has 2 aromatic rings. The standard InChI is InChI=1S/C17H9Cl2NO3S/c18-13-6-5-12(8-14(13)19)20-16(22)15(24-17(20)23)7-10-1-3-11(9-21)4-2-10/h1-9H. The van der Waals surface area contributed by atoms with Crippen molar-refractivity contribution in [2.24, 2.45) is 0 Å². The molecule has 0 bridgehead atoms.